The van der Waals surface area contributed by atoms with Crippen LogP contribution >= 0.6 is 27.5 Å². The van der Waals surface area contributed by atoms with E-state index in [9.17, 15) is 4.79 Å². The van der Waals surface area contributed by atoms with Crippen LogP contribution in [0.25, 0.3) is 22.0 Å². The lowest BCUT2D eigenvalue weighted by molar-refractivity contribution is -0.148. The third-order valence-corrected chi connectivity index (χ3v) is 6.15. The number of carbonyl (C=O) groups is 1. The maximum atomic E-state index is 12.1. The van der Waals surface area contributed by atoms with Gasteiger partial charge in [0.25, 0.3) is 0 Å². The van der Waals surface area contributed by atoms with Gasteiger partial charge in [-0.25, -0.2) is 9.97 Å². The van der Waals surface area contributed by atoms with Gasteiger partial charge in [-0.05, 0) is 53.9 Å². The molecular weight excluding hydrogens is 456 g/mol. The van der Waals surface area contributed by atoms with Gasteiger partial charge in [-0.15, -0.1) is 0 Å². The topological polar surface area (TPSA) is 68.2 Å². The number of pyridine rings is 3. The fourth-order valence-corrected chi connectivity index (χ4v) is 4.48. The van der Waals surface area contributed by atoms with Gasteiger partial charge in [0.15, 0.2) is 0 Å². The lowest BCUT2D eigenvalue weighted by Crippen LogP contribution is -2.37. The number of rotatable bonds is 4. The molecule has 3 aromatic heterocycles. The van der Waals surface area contributed by atoms with E-state index in [0.717, 1.165) is 58.3 Å². The first kappa shape index (κ1) is 20.0. The van der Waals surface area contributed by atoms with Gasteiger partial charge in [0.1, 0.15) is 11.0 Å². The number of anilines is 1. The molecule has 0 saturated carbocycles. The molecule has 8 heteroatoms. The molecule has 4 rings (SSSR count). The minimum absolute atomic E-state index is 0.0481. The van der Waals surface area contributed by atoms with Crippen LogP contribution in [0.4, 0.5) is 5.82 Å². The number of piperidine rings is 1. The van der Waals surface area contributed by atoms with Crippen molar-refractivity contribution in [2.45, 2.75) is 19.8 Å². The predicted octanol–water partition coefficient (Wildman–Crippen LogP) is 4.89. The Morgan fingerprint density at radius 1 is 1.28 bits per heavy atom. The maximum Gasteiger partial charge on any atom is 0.309 e. The molecule has 1 aliphatic heterocycles. The van der Waals surface area contributed by atoms with Crippen LogP contribution in [0.2, 0.25) is 5.15 Å². The quantitative estimate of drug-likeness (QED) is 0.395. The highest BCUT2D eigenvalue weighted by Gasteiger charge is 2.28. The highest BCUT2D eigenvalue weighted by atomic mass is 79.9. The minimum atomic E-state index is -0.0999. The average Bonchev–Trinajstić information content (AvgIpc) is 2.74. The second kappa shape index (κ2) is 8.63. The van der Waals surface area contributed by atoms with Crippen molar-refractivity contribution in [1.82, 2.24) is 15.0 Å². The molecule has 1 fully saturated rings. The second-order valence-corrected chi connectivity index (χ2v) is 8.08. The molecule has 29 heavy (non-hydrogen) atoms. The molecule has 1 saturated heterocycles. The van der Waals surface area contributed by atoms with Crippen molar-refractivity contribution in [3.8, 4) is 11.3 Å². The molecule has 0 N–H and O–H groups in total. The smallest absolute Gasteiger partial charge is 0.309 e. The zero-order valence-electron chi connectivity index (χ0n) is 15.9. The number of aromatic nitrogens is 3. The van der Waals surface area contributed by atoms with Crippen LogP contribution < -0.4 is 4.90 Å². The highest BCUT2D eigenvalue weighted by Crippen LogP contribution is 2.38. The van der Waals surface area contributed by atoms with E-state index in [4.69, 9.17) is 21.3 Å². The number of halogens is 2. The Morgan fingerprint density at radius 2 is 2.07 bits per heavy atom. The van der Waals surface area contributed by atoms with Gasteiger partial charge >= 0.3 is 5.97 Å². The van der Waals surface area contributed by atoms with Crippen molar-refractivity contribution in [1.29, 1.82) is 0 Å². The lowest BCUT2D eigenvalue weighted by Gasteiger charge is -2.33. The second-order valence-electron chi connectivity index (χ2n) is 6.90. The van der Waals surface area contributed by atoms with Crippen molar-refractivity contribution in [2.75, 3.05) is 24.6 Å². The molecule has 0 spiro atoms. The van der Waals surface area contributed by atoms with E-state index in [2.05, 4.69) is 30.8 Å². The van der Waals surface area contributed by atoms with Crippen LogP contribution in [0.15, 0.2) is 41.3 Å². The van der Waals surface area contributed by atoms with E-state index >= 15 is 0 Å². The number of carbonyl (C=O) groups excluding carboxylic acids is 1. The van der Waals surface area contributed by atoms with Gasteiger partial charge < -0.3 is 9.64 Å². The first-order valence-electron chi connectivity index (χ1n) is 9.55. The lowest BCUT2D eigenvalue weighted by atomic mass is 9.96. The summed E-state index contributed by atoms with van der Waals surface area (Å²) in [5.74, 6) is 0.737. The van der Waals surface area contributed by atoms with Gasteiger partial charge in [-0.3, -0.25) is 9.78 Å². The third kappa shape index (κ3) is 4.07. The maximum absolute atomic E-state index is 12.1. The van der Waals surface area contributed by atoms with Crippen LogP contribution in [0, 0.1) is 5.92 Å². The largest absolute Gasteiger partial charge is 0.466 e. The van der Waals surface area contributed by atoms with E-state index in [0.29, 0.717) is 11.8 Å². The fraction of sp³-hybridized carbons (Fsp3) is 0.333. The molecule has 0 aromatic carbocycles. The summed E-state index contributed by atoms with van der Waals surface area (Å²) in [7, 11) is 0. The Morgan fingerprint density at radius 3 is 2.79 bits per heavy atom. The summed E-state index contributed by atoms with van der Waals surface area (Å²) in [5.41, 5.74) is 1.67. The molecule has 3 aromatic rings. The summed E-state index contributed by atoms with van der Waals surface area (Å²) >= 11 is 9.81. The number of fused-ring (bicyclic) bond motifs is 1. The first-order valence-corrected chi connectivity index (χ1v) is 10.7. The third-order valence-electron chi connectivity index (χ3n) is 5.14. The number of hydrogen-bond acceptors (Lipinski definition) is 6. The molecule has 0 aliphatic carbocycles. The van der Waals surface area contributed by atoms with Crippen LogP contribution in [0.3, 0.4) is 0 Å². The fourth-order valence-electron chi connectivity index (χ4n) is 3.68. The van der Waals surface area contributed by atoms with E-state index in [-0.39, 0.29) is 11.9 Å². The number of hydrogen-bond donors (Lipinski definition) is 0. The molecule has 6 nitrogen and oxygen atoms in total. The Labute approximate surface area is 182 Å². The normalized spacial score (nSPS) is 14.9. The molecule has 0 radical (unpaired) electrons. The van der Waals surface area contributed by atoms with Gasteiger partial charge in [0, 0.05) is 48.0 Å². The van der Waals surface area contributed by atoms with Crippen LogP contribution in [-0.2, 0) is 9.53 Å². The summed E-state index contributed by atoms with van der Waals surface area (Å²) < 4.78 is 6.06. The van der Waals surface area contributed by atoms with Gasteiger partial charge in [0.05, 0.1) is 22.7 Å². The monoisotopic (exact) mass is 474 g/mol. The summed E-state index contributed by atoms with van der Waals surface area (Å²) in [5, 5.41) is 2.41. The molecule has 0 amide bonds. The van der Waals surface area contributed by atoms with Crippen molar-refractivity contribution < 1.29 is 9.53 Å². The number of esters is 1. The highest BCUT2D eigenvalue weighted by molar-refractivity contribution is 9.10. The molecule has 4 heterocycles. The zero-order valence-corrected chi connectivity index (χ0v) is 18.3. The first-order chi connectivity index (χ1) is 14.1. The zero-order chi connectivity index (χ0) is 20.4. The average molecular weight is 476 g/mol. The Hall–Kier alpha value is -2.25. The SMILES string of the molecule is CCOC(=O)C1CCN(c2nc(-c3ccnc(Cl)c3)c(Br)c3cnccc23)CC1. The van der Waals surface area contributed by atoms with Crippen molar-refractivity contribution >= 4 is 50.1 Å². The van der Waals surface area contributed by atoms with Gasteiger partial charge in [-0.2, -0.15) is 0 Å². The Bertz CT molecular complexity index is 1050. The van der Waals surface area contributed by atoms with Crippen molar-refractivity contribution in [3.63, 3.8) is 0 Å². The summed E-state index contributed by atoms with van der Waals surface area (Å²) in [4.78, 5) is 27.7. The summed E-state index contributed by atoms with van der Waals surface area (Å²) in [6, 6.07) is 5.66. The number of nitrogens with zero attached hydrogens (tertiary/aromatic N) is 4. The van der Waals surface area contributed by atoms with Crippen molar-refractivity contribution in [3.05, 3.63) is 46.4 Å². The van der Waals surface area contributed by atoms with Gasteiger partial charge in [0.2, 0.25) is 0 Å². The van der Waals surface area contributed by atoms with E-state index in [1.165, 1.54) is 0 Å². The predicted molar refractivity (Wildman–Crippen MR) is 117 cm³/mol. The molecule has 0 bridgehead atoms. The van der Waals surface area contributed by atoms with E-state index in [1.807, 2.05) is 25.3 Å². The molecule has 150 valence electrons. The molecular formula is C21H20BrClN4O2. The van der Waals surface area contributed by atoms with Crippen LogP contribution in [-0.4, -0.2) is 40.6 Å². The standard InChI is InChI=1S/C21H20BrClN4O2/c1-2-29-21(28)13-5-9-27(10-6-13)20-15-4-7-24-12-16(15)18(22)19(26-20)14-3-8-25-17(23)11-14/h3-4,7-8,11-13H,2,5-6,9-10H2,1H3. The summed E-state index contributed by atoms with van der Waals surface area (Å²) in [6.45, 7) is 3.74. The molecule has 0 unspecified atom stereocenters. The number of ether oxygens (including phenoxy) is 1. The van der Waals surface area contributed by atoms with Crippen molar-refractivity contribution in [2.24, 2.45) is 5.92 Å². The van der Waals surface area contributed by atoms with Crippen LogP contribution in [0.1, 0.15) is 19.8 Å². The minimum Gasteiger partial charge on any atom is -0.466 e. The molecule has 0 atom stereocenters. The van der Waals surface area contributed by atoms with Gasteiger partial charge in [-0.1, -0.05) is 11.6 Å². The van der Waals surface area contributed by atoms with E-state index < -0.39 is 0 Å². The molecule has 1 aliphatic rings. The van der Waals surface area contributed by atoms with Crippen LogP contribution in [0.5, 0.6) is 0 Å². The Kier molecular flexibility index (Phi) is 5.96. The Balaban J connectivity index is 1.73. The van der Waals surface area contributed by atoms with E-state index in [1.54, 1.807) is 18.5 Å². The summed E-state index contributed by atoms with van der Waals surface area (Å²) in [6.07, 6.45) is 6.78.